The zero-order valence-electron chi connectivity index (χ0n) is 11.0. The van der Waals surface area contributed by atoms with Crippen molar-refractivity contribution in [1.82, 2.24) is 9.62 Å². The quantitative estimate of drug-likeness (QED) is 0.739. The molecule has 2 unspecified atom stereocenters. The number of nitrogens with one attached hydrogen (secondary N) is 1. The van der Waals surface area contributed by atoms with Crippen LogP contribution in [0.3, 0.4) is 0 Å². The summed E-state index contributed by atoms with van der Waals surface area (Å²) in [6.07, 6.45) is 4.37. The lowest BCUT2D eigenvalue weighted by Gasteiger charge is -2.32. The van der Waals surface area contributed by atoms with E-state index in [1.54, 1.807) is 0 Å². The monoisotopic (exact) mass is 290 g/mol. The lowest BCUT2D eigenvalue weighted by atomic mass is 10.00. The minimum atomic E-state index is -3.35. The van der Waals surface area contributed by atoms with Crippen molar-refractivity contribution in [2.75, 3.05) is 18.8 Å². The van der Waals surface area contributed by atoms with E-state index < -0.39 is 16.0 Å². The SMILES string of the molecule is O=C(O)CCCS(=O)(=O)NC1CCN2CCCCC12. The number of carbonyl (C=O) groups is 1. The molecule has 19 heavy (non-hydrogen) atoms. The molecule has 2 fully saturated rings. The molecule has 2 rings (SSSR count). The maximum Gasteiger partial charge on any atom is 0.303 e. The molecule has 0 saturated carbocycles. The van der Waals surface area contributed by atoms with E-state index in [1.807, 2.05) is 0 Å². The highest BCUT2D eigenvalue weighted by molar-refractivity contribution is 7.89. The minimum Gasteiger partial charge on any atom is -0.481 e. The number of sulfonamides is 1. The maximum absolute atomic E-state index is 11.9. The summed E-state index contributed by atoms with van der Waals surface area (Å²) in [6, 6.07) is 0.345. The third kappa shape index (κ3) is 4.15. The fraction of sp³-hybridized carbons (Fsp3) is 0.917. The Morgan fingerprint density at radius 3 is 2.79 bits per heavy atom. The predicted octanol–water partition coefficient (Wildman–Crippen LogP) is 0.397. The average molecular weight is 290 g/mol. The molecular formula is C12H22N2O4S. The Morgan fingerprint density at radius 2 is 2.05 bits per heavy atom. The Hall–Kier alpha value is -0.660. The number of carboxylic acids is 1. The first-order valence-electron chi connectivity index (χ1n) is 6.94. The molecule has 0 amide bonds. The molecule has 0 aromatic rings. The normalized spacial score (nSPS) is 28.2. The largest absolute Gasteiger partial charge is 0.481 e. The summed E-state index contributed by atoms with van der Waals surface area (Å²) >= 11 is 0. The van der Waals surface area contributed by atoms with E-state index >= 15 is 0 Å². The first-order valence-corrected chi connectivity index (χ1v) is 8.59. The summed E-state index contributed by atoms with van der Waals surface area (Å²) in [7, 11) is -3.35. The predicted molar refractivity (Wildman–Crippen MR) is 71.4 cm³/mol. The Labute approximate surface area is 114 Å². The van der Waals surface area contributed by atoms with Crippen LogP contribution in [0.15, 0.2) is 0 Å². The molecule has 0 aromatic carbocycles. The van der Waals surface area contributed by atoms with Gasteiger partial charge >= 0.3 is 5.97 Å². The average Bonchev–Trinajstić information content (AvgIpc) is 2.71. The lowest BCUT2D eigenvalue weighted by Crippen LogP contribution is -2.47. The van der Waals surface area contributed by atoms with Gasteiger partial charge in [-0.15, -0.1) is 0 Å². The first-order chi connectivity index (χ1) is 8.98. The van der Waals surface area contributed by atoms with Gasteiger partial charge in [0.25, 0.3) is 0 Å². The summed E-state index contributed by atoms with van der Waals surface area (Å²) in [4.78, 5) is 12.8. The number of piperidine rings is 1. The van der Waals surface area contributed by atoms with Gasteiger partial charge in [0.2, 0.25) is 10.0 Å². The van der Waals surface area contributed by atoms with Crippen LogP contribution in [0.5, 0.6) is 0 Å². The second kappa shape index (κ2) is 6.19. The molecule has 110 valence electrons. The number of nitrogens with zero attached hydrogens (tertiary/aromatic N) is 1. The Bertz CT molecular complexity index is 423. The number of hydrogen-bond donors (Lipinski definition) is 2. The fourth-order valence-corrected chi connectivity index (χ4v) is 4.47. The van der Waals surface area contributed by atoms with Crippen LogP contribution in [0.4, 0.5) is 0 Å². The highest BCUT2D eigenvalue weighted by atomic mass is 32.2. The van der Waals surface area contributed by atoms with E-state index in [-0.39, 0.29) is 24.6 Å². The van der Waals surface area contributed by atoms with Gasteiger partial charge in [-0.25, -0.2) is 13.1 Å². The molecule has 2 heterocycles. The molecule has 2 aliphatic rings. The summed E-state index contributed by atoms with van der Waals surface area (Å²) < 4.78 is 26.6. The Kier molecular flexibility index (Phi) is 4.81. The van der Waals surface area contributed by atoms with E-state index in [2.05, 4.69) is 9.62 Å². The van der Waals surface area contributed by atoms with Crippen molar-refractivity contribution in [1.29, 1.82) is 0 Å². The third-order valence-corrected chi connectivity index (χ3v) is 5.48. The van der Waals surface area contributed by atoms with Gasteiger partial charge in [-0.05, 0) is 32.2 Å². The molecule has 2 N–H and O–H groups in total. The molecule has 0 spiro atoms. The van der Waals surface area contributed by atoms with Crippen LogP contribution in [0.1, 0.15) is 38.5 Å². The second-order valence-corrected chi connectivity index (χ2v) is 7.30. The van der Waals surface area contributed by atoms with Gasteiger partial charge in [0, 0.05) is 25.0 Å². The van der Waals surface area contributed by atoms with Crippen molar-refractivity contribution in [2.45, 2.75) is 50.6 Å². The van der Waals surface area contributed by atoms with Crippen molar-refractivity contribution in [3.05, 3.63) is 0 Å². The van der Waals surface area contributed by atoms with Crippen LogP contribution < -0.4 is 4.72 Å². The van der Waals surface area contributed by atoms with Gasteiger partial charge in [0.15, 0.2) is 0 Å². The summed E-state index contributed by atoms with van der Waals surface area (Å²) in [5.41, 5.74) is 0. The van der Waals surface area contributed by atoms with Crippen molar-refractivity contribution in [2.24, 2.45) is 0 Å². The molecule has 0 bridgehead atoms. The van der Waals surface area contributed by atoms with Gasteiger partial charge in [0.1, 0.15) is 0 Å². The van der Waals surface area contributed by atoms with Gasteiger partial charge in [-0.1, -0.05) is 6.42 Å². The van der Waals surface area contributed by atoms with Crippen LogP contribution in [0.25, 0.3) is 0 Å². The van der Waals surface area contributed by atoms with Crippen molar-refractivity contribution < 1.29 is 18.3 Å². The van der Waals surface area contributed by atoms with Gasteiger partial charge in [-0.3, -0.25) is 9.69 Å². The van der Waals surface area contributed by atoms with Crippen LogP contribution in [0, 0.1) is 0 Å². The standard InChI is InChI=1S/C12H22N2O4S/c15-12(16)5-3-9-19(17,18)13-10-6-8-14-7-2-1-4-11(10)14/h10-11,13H,1-9H2,(H,15,16). The second-order valence-electron chi connectivity index (χ2n) is 5.43. The summed E-state index contributed by atoms with van der Waals surface area (Å²) in [6.45, 7) is 2.04. The van der Waals surface area contributed by atoms with E-state index in [0.717, 1.165) is 25.9 Å². The smallest absolute Gasteiger partial charge is 0.303 e. The highest BCUT2D eigenvalue weighted by Gasteiger charge is 2.37. The molecule has 7 heteroatoms. The Morgan fingerprint density at radius 1 is 1.26 bits per heavy atom. The number of rotatable bonds is 6. The van der Waals surface area contributed by atoms with E-state index in [9.17, 15) is 13.2 Å². The molecular weight excluding hydrogens is 268 g/mol. The van der Waals surface area contributed by atoms with Crippen LogP contribution in [-0.2, 0) is 14.8 Å². The molecule has 0 aromatic heterocycles. The van der Waals surface area contributed by atoms with Crippen LogP contribution in [0.2, 0.25) is 0 Å². The van der Waals surface area contributed by atoms with E-state index in [0.29, 0.717) is 6.04 Å². The minimum absolute atomic E-state index is 0.00938. The van der Waals surface area contributed by atoms with Gasteiger partial charge in [-0.2, -0.15) is 0 Å². The summed E-state index contributed by atoms with van der Waals surface area (Å²) in [5, 5.41) is 8.53. The highest BCUT2D eigenvalue weighted by Crippen LogP contribution is 2.27. The third-order valence-electron chi connectivity index (χ3n) is 3.99. The van der Waals surface area contributed by atoms with Gasteiger partial charge < -0.3 is 5.11 Å². The molecule has 6 nitrogen and oxygen atoms in total. The van der Waals surface area contributed by atoms with Crippen molar-refractivity contribution >= 4 is 16.0 Å². The van der Waals surface area contributed by atoms with E-state index in [4.69, 9.17) is 5.11 Å². The molecule has 0 radical (unpaired) electrons. The topological polar surface area (TPSA) is 86.7 Å². The molecule has 2 atom stereocenters. The molecule has 2 aliphatic heterocycles. The first kappa shape index (κ1) is 14.7. The summed E-state index contributed by atoms with van der Waals surface area (Å²) in [5.74, 6) is -1.04. The molecule has 2 saturated heterocycles. The number of carboxylic acid groups (broad SMARTS) is 1. The lowest BCUT2D eigenvalue weighted by molar-refractivity contribution is -0.137. The number of aliphatic carboxylic acids is 1. The van der Waals surface area contributed by atoms with Crippen molar-refractivity contribution in [3.8, 4) is 0 Å². The van der Waals surface area contributed by atoms with Gasteiger partial charge in [0.05, 0.1) is 5.75 Å². The Balaban J connectivity index is 1.84. The van der Waals surface area contributed by atoms with Crippen molar-refractivity contribution in [3.63, 3.8) is 0 Å². The number of fused-ring (bicyclic) bond motifs is 1. The zero-order chi connectivity index (χ0) is 13.9. The zero-order valence-corrected chi connectivity index (χ0v) is 11.9. The van der Waals surface area contributed by atoms with Crippen LogP contribution >= 0.6 is 0 Å². The van der Waals surface area contributed by atoms with E-state index in [1.165, 1.54) is 12.8 Å². The maximum atomic E-state index is 11.9. The van der Waals surface area contributed by atoms with Crippen LogP contribution in [-0.4, -0.2) is 55.3 Å². The fourth-order valence-electron chi connectivity index (χ4n) is 3.09. The molecule has 0 aliphatic carbocycles. The number of hydrogen-bond acceptors (Lipinski definition) is 4.